The minimum absolute atomic E-state index is 0.0678. The molecule has 0 radical (unpaired) electrons. The molecule has 0 unspecified atom stereocenters. The van der Waals surface area contributed by atoms with Gasteiger partial charge in [0.05, 0.1) is 0 Å². The molecule has 0 atom stereocenters. The molecule has 0 fully saturated rings. The van der Waals surface area contributed by atoms with Crippen LogP contribution in [-0.4, -0.2) is 44.0 Å². The number of carbonyl (C=O) groups is 1. The summed E-state index contributed by atoms with van der Waals surface area (Å²) in [5, 5.41) is 9.20. The first-order valence-electron chi connectivity index (χ1n) is 8.38. The quantitative estimate of drug-likeness (QED) is 0.526. The van der Waals surface area contributed by atoms with Crippen LogP contribution in [-0.2, 0) is 12.8 Å². The molecule has 132 valence electrons. The molecule has 2 aromatic rings. The Kier molecular flexibility index (Phi) is 7.43. The molecular formula is C19H25N5O. The Bertz CT molecular complexity index is 700. The van der Waals surface area contributed by atoms with Crippen molar-refractivity contribution in [2.24, 2.45) is 4.99 Å². The van der Waals surface area contributed by atoms with Gasteiger partial charge in [-0.2, -0.15) is 0 Å². The zero-order valence-electron chi connectivity index (χ0n) is 14.7. The molecule has 0 saturated heterocycles. The Labute approximate surface area is 148 Å². The number of amides is 1. The van der Waals surface area contributed by atoms with E-state index in [4.69, 9.17) is 0 Å². The van der Waals surface area contributed by atoms with Gasteiger partial charge in [0.1, 0.15) is 0 Å². The number of guanidine groups is 1. The van der Waals surface area contributed by atoms with Crippen LogP contribution in [0.15, 0.2) is 53.7 Å². The van der Waals surface area contributed by atoms with Crippen LogP contribution in [0, 0.1) is 0 Å². The van der Waals surface area contributed by atoms with Crippen molar-refractivity contribution in [3.05, 3.63) is 65.5 Å². The van der Waals surface area contributed by atoms with Crippen LogP contribution in [0.5, 0.6) is 0 Å². The zero-order valence-corrected chi connectivity index (χ0v) is 14.7. The van der Waals surface area contributed by atoms with Crippen LogP contribution >= 0.6 is 0 Å². The summed E-state index contributed by atoms with van der Waals surface area (Å²) in [5.74, 6) is 0.695. The highest BCUT2D eigenvalue weighted by Gasteiger charge is 2.04. The smallest absolute Gasteiger partial charge is 0.251 e. The number of hydrogen-bond acceptors (Lipinski definition) is 3. The Morgan fingerprint density at radius 1 is 1.08 bits per heavy atom. The van der Waals surface area contributed by atoms with Gasteiger partial charge in [-0.3, -0.25) is 14.8 Å². The molecule has 2 rings (SSSR count). The third-order valence-electron chi connectivity index (χ3n) is 3.75. The lowest BCUT2D eigenvalue weighted by molar-refractivity contribution is 0.0963. The van der Waals surface area contributed by atoms with Gasteiger partial charge in [-0.25, -0.2) is 0 Å². The van der Waals surface area contributed by atoms with Gasteiger partial charge >= 0.3 is 0 Å². The Hall–Kier alpha value is -2.89. The Balaban J connectivity index is 1.75. The second-order valence-corrected chi connectivity index (χ2v) is 5.53. The van der Waals surface area contributed by atoms with E-state index in [9.17, 15) is 4.79 Å². The molecule has 6 heteroatoms. The average Bonchev–Trinajstić information content (AvgIpc) is 2.67. The van der Waals surface area contributed by atoms with Crippen molar-refractivity contribution < 1.29 is 4.79 Å². The molecular weight excluding hydrogens is 314 g/mol. The van der Waals surface area contributed by atoms with Gasteiger partial charge in [-0.1, -0.05) is 18.2 Å². The summed E-state index contributed by atoms with van der Waals surface area (Å²) in [6.07, 6.45) is 3.46. The Morgan fingerprint density at radius 3 is 2.56 bits per heavy atom. The number of benzene rings is 1. The summed E-state index contributed by atoms with van der Waals surface area (Å²) in [5.41, 5.74) is 2.84. The molecule has 1 aromatic heterocycles. The molecule has 3 N–H and O–H groups in total. The van der Waals surface area contributed by atoms with Gasteiger partial charge in [0.15, 0.2) is 5.96 Å². The molecule has 0 aliphatic rings. The van der Waals surface area contributed by atoms with E-state index in [2.05, 4.69) is 25.9 Å². The van der Waals surface area contributed by atoms with Crippen molar-refractivity contribution >= 4 is 11.9 Å². The number of aromatic nitrogens is 1. The first-order chi connectivity index (χ1) is 12.2. The molecule has 25 heavy (non-hydrogen) atoms. The van der Waals surface area contributed by atoms with Gasteiger partial charge in [-0.15, -0.1) is 0 Å². The van der Waals surface area contributed by atoms with Crippen molar-refractivity contribution in [2.75, 3.05) is 27.2 Å². The van der Waals surface area contributed by atoms with E-state index in [0.29, 0.717) is 5.56 Å². The number of nitrogens with zero attached hydrogens (tertiary/aromatic N) is 2. The number of pyridine rings is 1. The molecule has 0 aliphatic heterocycles. The maximum atomic E-state index is 11.7. The largest absolute Gasteiger partial charge is 0.356 e. The van der Waals surface area contributed by atoms with Gasteiger partial charge < -0.3 is 16.0 Å². The fourth-order valence-electron chi connectivity index (χ4n) is 2.41. The molecule has 6 nitrogen and oxygen atoms in total. The zero-order chi connectivity index (χ0) is 17.9. The lowest BCUT2D eigenvalue weighted by Gasteiger charge is -2.12. The second-order valence-electron chi connectivity index (χ2n) is 5.53. The van der Waals surface area contributed by atoms with E-state index >= 15 is 0 Å². The lowest BCUT2D eigenvalue weighted by atomic mass is 10.1. The predicted octanol–water partition coefficient (Wildman–Crippen LogP) is 1.39. The van der Waals surface area contributed by atoms with Crippen LogP contribution in [0.2, 0.25) is 0 Å². The molecule has 1 amide bonds. The maximum Gasteiger partial charge on any atom is 0.251 e. The molecule has 0 aliphatic carbocycles. The lowest BCUT2D eigenvalue weighted by Crippen LogP contribution is -2.39. The molecule has 0 saturated carbocycles. The summed E-state index contributed by atoms with van der Waals surface area (Å²) in [6.45, 7) is 1.50. The molecule has 0 spiro atoms. The number of nitrogens with one attached hydrogen (secondary N) is 3. The van der Waals surface area contributed by atoms with Gasteiger partial charge in [0.25, 0.3) is 5.91 Å². The molecule has 0 bridgehead atoms. The van der Waals surface area contributed by atoms with Crippen LogP contribution in [0.25, 0.3) is 0 Å². The monoisotopic (exact) mass is 339 g/mol. The van der Waals surface area contributed by atoms with Crippen molar-refractivity contribution in [3.8, 4) is 0 Å². The number of carbonyl (C=O) groups excluding carboxylic acids is 1. The minimum atomic E-state index is -0.0678. The van der Waals surface area contributed by atoms with E-state index in [0.717, 1.165) is 43.1 Å². The Morgan fingerprint density at radius 2 is 1.88 bits per heavy atom. The maximum absolute atomic E-state index is 11.7. The average molecular weight is 339 g/mol. The minimum Gasteiger partial charge on any atom is -0.356 e. The number of hydrogen-bond donors (Lipinski definition) is 3. The van der Waals surface area contributed by atoms with E-state index in [-0.39, 0.29) is 5.91 Å². The van der Waals surface area contributed by atoms with Crippen molar-refractivity contribution in [2.45, 2.75) is 12.8 Å². The first kappa shape index (κ1) is 18.4. The van der Waals surface area contributed by atoms with Crippen LogP contribution in [0.4, 0.5) is 0 Å². The van der Waals surface area contributed by atoms with Crippen LogP contribution in [0.1, 0.15) is 21.6 Å². The molecule has 1 aromatic carbocycles. The van der Waals surface area contributed by atoms with Crippen molar-refractivity contribution in [1.82, 2.24) is 20.9 Å². The van der Waals surface area contributed by atoms with Gasteiger partial charge in [0.2, 0.25) is 0 Å². The van der Waals surface area contributed by atoms with E-state index in [1.165, 1.54) is 0 Å². The summed E-state index contributed by atoms with van der Waals surface area (Å²) < 4.78 is 0. The first-order valence-corrected chi connectivity index (χ1v) is 8.38. The van der Waals surface area contributed by atoms with E-state index < -0.39 is 0 Å². The van der Waals surface area contributed by atoms with Crippen molar-refractivity contribution in [3.63, 3.8) is 0 Å². The predicted molar refractivity (Wildman–Crippen MR) is 101 cm³/mol. The van der Waals surface area contributed by atoms with Gasteiger partial charge in [0, 0.05) is 51.1 Å². The standard InChI is InChI=1S/C19H25N5O/c1-20-18(25)16-7-5-6-15(14-16)9-12-23-19(21-2)24-13-10-17-8-3-4-11-22-17/h3-8,11,14H,9-10,12-13H2,1-2H3,(H,20,25)(H2,21,23,24). The number of rotatable bonds is 7. The third-order valence-corrected chi connectivity index (χ3v) is 3.75. The highest BCUT2D eigenvalue weighted by Crippen LogP contribution is 2.05. The fraction of sp³-hybridized carbons (Fsp3) is 0.316. The summed E-state index contributed by atoms with van der Waals surface area (Å²) in [7, 11) is 3.39. The van der Waals surface area contributed by atoms with Gasteiger partial charge in [-0.05, 0) is 36.2 Å². The fourth-order valence-corrected chi connectivity index (χ4v) is 2.41. The van der Waals surface area contributed by atoms with Crippen LogP contribution in [0.3, 0.4) is 0 Å². The topological polar surface area (TPSA) is 78.4 Å². The van der Waals surface area contributed by atoms with E-state index in [1.54, 1.807) is 20.3 Å². The normalized spacial score (nSPS) is 11.0. The molecule has 1 heterocycles. The van der Waals surface area contributed by atoms with Crippen LogP contribution < -0.4 is 16.0 Å². The van der Waals surface area contributed by atoms with E-state index in [1.807, 2.05) is 42.5 Å². The third kappa shape index (κ3) is 6.25. The summed E-state index contributed by atoms with van der Waals surface area (Å²) in [6, 6.07) is 13.6. The second kappa shape index (κ2) is 10.1. The highest BCUT2D eigenvalue weighted by atomic mass is 16.1. The highest BCUT2D eigenvalue weighted by molar-refractivity contribution is 5.94. The summed E-state index contributed by atoms with van der Waals surface area (Å²) in [4.78, 5) is 20.2. The van der Waals surface area contributed by atoms with Crippen molar-refractivity contribution in [1.29, 1.82) is 0 Å². The summed E-state index contributed by atoms with van der Waals surface area (Å²) >= 11 is 0. The SMILES string of the molecule is CN=C(NCCc1cccc(C(=O)NC)c1)NCCc1ccccn1. The number of aliphatic imine (C=N–C) groups is 1.